The summed E-state index contributed by atoms with van der Waals surface area (Å²) in [7, 11) is 0. The van der Waals surface area contributed by atoms with E-state index < -0.39 is 6.43 Å². The quantitative estimate of drug-likeness (QED) is 0.717. The van der Waals surface area contributed by atoms with E-state index in [0.717, 1.165) is 6.20 Å². The van der Waals surface area contributed by atoms with Gasteiger partial charge in [0.05, 0.1) is 27.2 Å². The highest BCUT2D eigenvalue weighted by Crippen LogP contribution is 2.33. The van der Waals surface area contributed by atoms with E-state index >= 15 is 0 Å². The van der Waals surface area contributed by atoms with Crippen molar-refractivity contribution in [2.45, 2.75) is 12.3 Å². The van der Waals surface area contributed by atoms with Gasteiger partial charge in [0.2, 0.25) is 0 Å². The highest BCUT2D eigenvalue weighted by atomic mass is 35.5. The smallest absolute Gasteiger partial charge is 0.258 e. The fraction of sp³-hybridized carbons (Fsp3) is 0.286. The van der Waals surface area contributed by atoms with Crippen LogP contribution in [0.15, 0.2) is 6.20 Å². The number of halogens is 5. The molecule has 0 aliphatic rings. The lowest BCUT2D eigenvalue weighted by atomic mass is 10.2. The van der Waals surface area contributed by atoms with Crippen LogP contribution in [0.1, 0.15) is 17.7 Å². The van der Waals surface area contributed by atoms with Gasteiger partial charge >= 0.3 is 0 Å². The minimum absolute atomic E-state index is 0.00512. The Hall–Kier alpha value is -0.120. The monoisotopic (exact) mass is 245 g/mol. The zero-order valence-electron chi connectivity index (χ0n) is 6.20. The molecule has 0 unspecified atom stereocenters. The van der Waals surface area contributed by atoms with Crippen LogP contribution in [0.2, 0.25) is 10.0 Å². The first kappa shape index (κ1) is 11.0. The predicted octanol–water partition coefficient (Wildman–Crippen LogP) is 4.06. The zero-order valence-corrected chi connectivity index (χ0v) is 8.47. The van der Waals surface area contributed by atoms with Crippen LogP contribution in [-0.4, -0.2) is 4.98 Å². The average Bonchev–Trinajstić information content (AvgIpc) is 2.09. The Balaban J connectivity index is 3.23. The Labute approximate surface area is 88.6 Å². The molecule has 1 aromatic rings. The van der Waals surface area contributed by atoms with Gasteiger partial charge in [-0.25, -0.2) is 8.78 Å². The lowest BCUT2D eigenvalue weighted by molar-refractivity contribution is 0.151. The van der Waals surface area contributed by atoms with Gasteiger partial charge in [0.1, 0.15) is 0 Å². The minimum Gasteiger partial charge on any atom is -0.258 e. The van der Waals surface area contributed by atoms with Crippen molar-refractivity contribution in [2.24, 2.45) is 0 Å². The second-order valence-corrected chi connectivity index (χ2v) is 3.25. The van der Waals surface area contributed by atoms with Crippen molar-refractivity contribution >= 4 is 34.8 Å². The number of hydrogen-bond acceptors (Lipinski definition) is 1. The molecule has 0 fully saturated rings. The van der Waals surface area contributed by atoms with Crippen LogP contribution in [-0.2, 0) is 5.88 Å². The molecule has 0 amide bonds. The second kappa shape index (κ2) is 4.40. The van der Waals surface area contributed by atoms with E-state index in [4.69, 9.17) is 34.8 Å². The van der Waals surface area contributed by atoms with Crippen molar-refractivity contribution in [3.05, 3.63) is 27.5 Å². The van der Waals surface area contributed by atoms with Crippen molar-refractivity contribution in [2.75, 3.05) is 0 Å². The molecule has 0 aliphatic heterocycles. The summed E-state index contributed by atoms with van der Waals surface area (Å²) >= 11 is 16.6. The molecular formula is C7H4Cl3F2N. The zero-order chi connectivity index (χ0) is 10.0. The van der Waals surface area contributed by atoms with Crippen LogP contribution >= 0.6 is 34.8 Å². The molecule has 1 heterocycles. The molecule has 0 radical (unpaired) electrons. The summed E-state index contributed by atoms with van der Waals surface area (Å²) < 4.78 is 24.5. The highest BCUT2D eigenvalue weighted by Gasteiger charge is 2.17. The Kier molecular flexibility index (Phi) is 3.71. The van der Waals surface area contributed by atoms with Crippen LogP contribution in [0.3, 0.4) is 0 Å². The Bertz CT molecular complexity index is 317. The second-order valence-electron chi connectivity index (χ2n) is 2.22. The molecule has 0 spiro atoms. The lowest BCUT2D eigenvalue weighted by Crippen LogP contribution is -1.94. The number of alkyl halides is 3. The normalized spacial score (nSPS) is 10.9. The number of aromatic nitrogens is 1. The van der Waals surface area contributed by atoms with Crippen LogP contribution in [0, 0.1) is 0 Å². The summed E-state index contributed by atoms with van der Waals surface area (Å²) in [6.07, 6.45) is -1.70. The molecule has 1 nitrogen and oxygen atoms in total. The SMILES string of the molecule is FC(F)c1cnc(CCl)c(Cl)c1Cl. The topological polar surface area (TPSA) is 12.9 Å². The Morgan fingerprint density at radius 1 is 1.31 bits per heavy atom. The van der Waals surface area contributed by atoms with Crippen molar-refractivity contribution in [1.29, 1.82) is 0 Å². The van der Waals surface area contributed by atoms with Crippen LogP contribution in [0.5, 0.6) is 0 Å². The van der Waals surface area contributed by atoms with Gasteiger partial charge in [0, 0.05) is 6.20 Å². The van der Waals surface area contributed by atoms with Gasteiger partial charge in [0.15, 0.2) is 0 Å². The van der Waals surface area contributed by atoms with Crippen molar-refractivity contribution < 1.29 is 8.78 Å². The van der Waals surface area contributed by atoms with Gasteiger partial charge in [-0.2, -0.15) is 0 Å². The van der Waals surface area contributed by atoms with E-state index in [1.165, 1.54) is 0 Å². The molecule has 0 N–H and O–H groups in total. The van der Waals surface area contributed by atoms with Gasteiger partial charge in [-0.3, -0.25) is 4.98 Å². The Morgan fingerprint density at radius 3 is 2.38 bits per heavy atom. The minimum atomic E-state index is -2.68. The van der Waals surface area contributed by atoms with Gasteiger partial charge in [-0.05, 0) is 0 Å². The average molecular weight is 246 g/mol. The van der Waals surface area contributed by atoms with Gasteiger partial charge in [0.25, 0.3) is 6.43 Å². The fourth-order valence-corrected chi connectivity index (χ4v) is 1.50. The van der Waals surface area contributed by atoms with Crippen molar-refractivity contribution in [3.8, 4) is 0 Å². The molecule has 72 valence electrons. The fourth-order valence-electron chi connectivity index (χ4n) is 0.760. The summed E-state index contributed by atoms with van der Waals surface area (Å²) in [4.78, 5) is 3.65. The molecule has 6 heteroatoms. The number of rotatable bonds is 2. The first-order valence-electron chi connectivity index (χ1n) is 3.24. The van der Waals surface area contributed by atoms with E-state index in [0.29, 0.717) is 5.69 Å². The molecule has 0 aromatic carbocycles. The lowest BCUT2D eigenvalue weighted by Gasteiger charge is -2.06. The van der Waals surface area contributed by atoms with Gasteiger partial charge in [-0.15, -0.1) is 11.6 Å². The van der Waals surface area contributed by atoms with Gasteiger partial charge < -0.3 is 0 Å². The third-order valence-electron chi connectivity index (χ3n) is 1.42. The summed E-state index contributed by atoms with van der Waals surface area (Å²) in [6.45, 7) is 0. The third-order valence-corrected chi connectivity index (χ3v) is 2.58. The first-order valence-corrected chi connectivity index (χ1v) is 4.53. The maximum absolute atomic E-state index is 12.2. The van der Waals surface area contributed by atoms with E-state index in [1.807, 2.05) is 0 Å². The molecule has 13 heavy (non-hydrogen) atoms. The van der Waals surface area contributed by atoms with E-state index in [-0.39, 0.29) is 21.5 Å². The first-order chi connectivity index (χ1) is 6.07. The summed E-state index contributed by atoms with van der Waals surface area (Å²) in [5, 5.41) is -0.184. The van der Waals surface area contributed by atoms with E-state index in [2.05, 4.69) is 4.98 Å². The summed E-state index contributed by atoms with van der Waals surface area (Å²) in [5.74, 6) is 0.0437. The highest BCUT2D eigenvalue weighted by molar-refractivity contribution is 6.43. The molecular weight excluding hydrogens is 242 g/mol. The third kappa shape index (κ3) is 2.22. The summed E-state index contributed by atoms with van der Waals surface area (Å²) in [5.41, 5.74) is -0.0710. The standard InChI is InChI=1S/C7H4Cl3F2N/c8-1-4-6(10)5(9)3(2-13-4)7(11)12/h2,7H,1H2. The van der Waals surface area contributed by atoms with E-state index in [9.17, 15) is 8.78 Å². The number of nitrogens with zero attached hydrogens (tertiary/aromatic N) is 1. The number of pyridine rings is 1. The number of hydrogen-bond donors (Lipinski definition) is 0. The largest absolute Gasteiger partial charge is 0.266 e. The molecule has 0 saturated carbocycles. The van der Waals surface area contributed by atoms with Gasteiger partial charge in [-0.1, -0.05) is 23.2 Å². The van der Waals surface area contributed by atoms with Crippen molar-refractivity contribution in [3.63, 3.8) is 0 Å². The molecule has 0 saturated heterocycles. The van der Waals surface area contributed by atoms with E-state index in [1.54, 1.807) is 0 Å². The Morgan fingerprint density at radius 2 is 1.92 bits per heavy atom. The molecule has 1 aromatic heterocycles. The van der Waals surface area contributed by atoms with Crippen LogP contribution in [0.25, 0.3) is 0 Å². The predicted molar refractivity (Wildman–Crippen MR) is 48.8 cm³/mol. The molecule has 0 atom stereocenters. The van der Waals surface area contributed by atoms with Crippen LogP contribution < -0.4 is 0 Å². The molecule has 0 aliphatic carbocycles. The summed E-state index contributed by atoms with van der Waals surface area (Å²) in [6, 6.07) is 0. The maximum Gasteiger partial charge on any atom is 0.266 e. The van der Waals surface area contributed by atoms with Crippen LogP contribution in [0.4, 0.5) is 8.78 Å². The van der Waals surface area contributed by atoms with Crippen molar-refractivity contribution in [1.82, 2.24) is 4.98 Å². The molecule has 0 bridgehead atoms. The molecule has 1 rings (SSSR count). The maximum atomic E-state index is 12.2.